The molecule has 0 nitrogen and oxygen atoms in total. The van der Waals surface area contributed by atoms with Gasteiger partial charge in [0, 0.05) is 0 Å². The Morgan fingerprint density at radius 1 is 0.421 bits per heavy atom. The Balaban J connectivity index is 0.000000843. The second-order valence-corrected chi connectivity index (χ2v) is 10.1. The molecule has 0 heterocycles. The lowest BCUT2D eigenvalue weighted by Crippen LogP contribution is -2.28. The van der Waals surface area contributed by atoms with Gasteiger partial charge in [0.1, 0.15) is 0 Å². The highest BCUT2D eigenvalue weighted by Crippen LogP contribution is 2.56. The highest BCUT2D eigenvalue weighted by molar-refractivity contribution is 5.91. The molecule has 0 atom stereocenters. The van der Waals surface area contributed by atoms with Gasteiger partial charge in [-0.1, -0.05) is 154 Å². The minimum absolute atomic E-state index is 0.360. The predicted molar refractivity (Wildman–Crippen MR) is 163 cm³/mol. The summed E-state index contributed by atoms with van der Waals surface area (Å²) in [5.74, 6) is 0. The molecule has 1 aliphatic rings. The Morgan fingerprint density at radius 3 is 1.61 bits per heavy atom. The van der Waals surface area contributed by atoms with E-state index < -0.39 is 0 Å². The molecule has 0 saturated carbocycles. The van der Waals surface area contributed by atoms with E-state index in [0.717, 1.165) is 0 Å². The lowest BCUT2D eigenvalue weighted by Gasteiger charge is -2.34. The summed E-state index contributed by atoms with van der Waals surface area (Å²) in [6.07, 6.45) is 1.25. The summed E-state index contributed by atoms with van der Waals surface area (Å²) in [6, 6.07) is 53.3. The molecule has 0 aromatic heterocycles. The molecular formula is C38H32. The molecule has 0 saturated heterocycles. The van der Waals surface area contributed by atoms with Gasteiger partial charge in [0.15, 0.2) is 0 Å². The van der Waals surface area contributed by atoms with Gasteiger partial charge in [-0.05, 0) is 67.4 Å². The second-order valence-electron chi connectivity index (χ2n) is 10.1. The summed E-state index contributed by atoms with van der Waals surface area (Å²) in [5.41, 5.74) is 10.1. The normalized spacial score (nSPS) is 12.8. The van der Waals surface area contributed by atoms with Crippen molar-refractivity contribution in [2.75, 3.05) is 0 Å². The van der Waals surface area contributed by atoms with E-state index in [9.17, 15) is 0 Å². The smallest absolute Gasteiger partial charge is 0.0656 e. The molecule has 184 valence electrons. The Labute approximate surface area is 226 Å². The average Bonchev–Trinajstić information content (AvgIpc) is 3.29. The van der Waals surface area contributed by atoms with Gasteiger partial charge in [0.25, 0.3) is 0 Å². The highest BCUT2D eigenvalue weighted by atomic mass is 14.5. The maximum Gasteiger partial charge on any atom is 0.0713 e. The Hall–Kier alpha value is -4.42. The first-order valence-corrected chi connectivity index (χ1v) is 13.6. The molecule has 0 bridgehead atoms. The molecule has 38 heavy (non-hydrogen) atoms. The van der Waals surface area contributed by atoms with E-state index in [1.54, 1.807) is 0 Å². The first kappa shape index (κ1) is 23.9. The third kappa shape index (κ3) is 3.85. The van der Waals surface area contributed by atoms with Gasteiger partial charge >= 0.3 is 0 Å². The molecule has 0 spiro atoms. The van der Waals surface area contributed by atoms with Gasteiger partial charge in [0.2, 0.25) is 0 Å². The SMILES string of the molecule is CCC.c1ccc(C2(c3ccccc3)c3ccccc3-c3ccc(-c4ccc5ccccc5c4)cc32)cc1. The largest absolute Gasteiger partial charge is 0.0713 e. The van der Waals surface area contributed by atoms with Gasteiger partial charge in [-0.2, -0.15) is 0 Å². The third-order valence-corrected chi connectivity index (χ3v) is 7.54. The van der Waals surface area contributed by atoms with E-state index >= 15 is 0 Å². The Bertz CT molecular complexity index is 1650. The van der Waals surface area contributed by atoms with Crippen molar-refractivity contribution in [1.29, 1.82) is 0 Å². The zero-order valence-corrected chi connectivity index (χ0v) is 22.1. The Morgan fingerprint density at radius 2 is 0.921 bits per heavy atom. The van der Waals surface area contributed by atoms with E-state index in [0.29, 0.717) is 0 Å². The maximum absolute atomic E-state index is 2.43. The van der Waals surface area contributed by atoms with Crippen LogP contribution in [0.15, 0.2) is 146 Å². The van der Waals surface area contributed by atoms with E-state index in [1.165, 1.54) is 61.7 Å². The van der Waals surface area contributed by atoms with Crippen molar-refractivity contribution in [3.63, 3.8) is 0 Å². The minimum atomic E-state index is -0.360. The topological polar surface area (TPSA) is 0 Å². The zero-order chi connectivity index (χ0) is 26.0. The Kier molecular flexibility index (Phi) is 6.40. The fraction of sp³-hybridized carbons (Fsp3) is 0.105. The van der Waals surface area contributed by atoms with Crippen LogP contribution in [0.5, 0.6) is 0 Å². The van der Waals surface area contributed by atoms with Gasteiger partial charge < -0.3 is 0 Å². The molecule has 0 N–H and O–H groups in total. The van der Waals surface area contributed by atoms with E-state index in [4.69, 9.17) is 0 Å². The van der Waals surface area contributed by atoms with Gasteiger partial charge in [-0.3, -0.25) is 0 Å². The molecule has 7 rings (SSSR count). The maximum atomic E-state index is 2.43. The lowest BCUT2D eigenvalue weighted by atomic mass is 9.67. The number of benzene rings is 6. The molecule has 0 amide bonds. The summed E-state index contributed by atoms with van der Waals surface area (Å²) < 4.78 is 0. The molecule has 6 aromatic carbocycles. The van der Waals surface area contributed by atoms with E-state index in [1.807, 2.05) is 0 Å². The molecule has 0 radical (unpaired) electrons. The van der Waals surface area contributed by atoms with Crippen molar-refractivity contribution < 1.29 is 0 Å². The molecule has 0 unspecified atom stereocenters. The van der Waals surface area contributed by atoms with Crippen LogP contribution in [-0.2, 0) is 5.41 Å². The van der Waals surface area contributed by atoms with E-state index in [-0.39, 0.29) is 5.41 Å². The molecule has 0 aliphatic heterocycles. The predicted octanol–water partition coefficient (Wildman–Crippen LogP) is 10.3. The fourth-order valence-corrected chi connectivity index (χ4v) is 5.99. The summed E-state index contributed by atoms with van der Waals surface area (Å²) >= 11 is 0. The highest BCUT2D eigenvalue weighted by Gasteiger charge is 2.45. The van der Waals surface area contributed by atoms with Crippen molar-refractivity contribution in [3.8, 4) is 22.3 Å². The van der Waals surface area contributed by atoms with Crippen molar-refractivity contribution >= 4 is 10.8 Å². The monoisotopic (exact) mass is 488 g/mol. The van der Waals surface area contributed by atoms with Crippen LogP contribution in [0.2, 0.25) is 0 Å². The standard InChI is InChI=1S/C35H24.C3H8/c1-3-13-29(14-4-1)35(30-15-5-2-6-16-30)33-18-10-9-17-31(33)32-22-21-28(24-34(32)35)27-20-19-25-11-7-8-12-26(25)23-27;1-3-2/h1-24H;3H2,1-2H3. The summed E-state index contributed by atoms with van der Waals surface area (Å²) in [5, 5.41) is 2.54. The van der Waals surface area contributed by atoms with Crippen LogP contribution in [0.4, 0.5) is 0 Å². The zero-order valence-electron chi connectivity index (χ0n) is 22.1. The number of hydrogen-bond acceptors (Lipinski definition) is 0. The van der Waals surface area contributed by atoms with Crippen molar-refractivity contribution in [2.24, 2.45) is 0 Å². The van der Waals surface area contributed by atoms with Crippen LogP contribution in [0.25, 0.3) is 33.0 Å². The van der Waals surface area contributed by atoms with Crippen LogP contribution < -0.4 is 0 Å². The summed E-state index contributed by atoms with van der Waals surface area (Å²) in [4.78, 5) is 0. The van der Waals surface area contributed by atoms with Crippen LogP contribution in [0.3, 0.4) is 0 Å². The lowest BCUT2D eigenvalue weighted by molar-refractivity contribution is 0.769. The number of rotatable bonds is 3. The summed E-state index contributed by atoms with van der Waals surface area (Å²) in [7, 11) is 0. The van der Waals surface area contributed by atoms with Crippen LogP contribution in [-0.4, -0.2) is 0 Å². The van der Waals surface area contributed by atoms with Gasteiger partial charge in [-0.15, -0.1) is 0 Å². The van der Waals surface area contributed by atoms with Crippen molar-refractivity contribution in [1.82, 2.24) is 0 Å². The summed E-state index contributed by atoms with van der Waals surface area (Å²) in [6.45, 7) is 4.25. The van der Waals surface area contributed by atoms with Crippen molar-refractivity contribution in [3.05, 3.63) is 168 Å². The average molecular weight is 489 g/mol. The number of fused-ring (bicyclic) bond motifs is 4. The van der Waals surface area contributed by atoms with Gasteiger partial charge in [-0.25, -0.2) is 0 Å². The third-order valence-electron chi connectivity index (χ3n) is 7.54. The quantitative estimate of drug-likeness (QED) is 0.232. The first-order valence-electron chi connectivity index (χ1n) is 13.6. The molecule has 6 aromatic rings. The molecule has 0 fully saturated rings. The van der Waals surface area contributed by atoms with Crippen LogP contribution in [0, 0.1) is 0 Å². The molecule has 0 heteroatoms. The number of hydrogen-bond donors (Lipinski definition) is 0. The van der Waals surface area contributed by atoms with E-state index in [2.05, 4.69) is 159 Å². The molecular weight excluding hydrogens is 456 g/mol. The fourth-order valence-electron chi connectivity index (χ4n) is 5.99. The van der Waals surface area contributed by atoms with Crippen molar-refractivity contribution in [2.45, 2.75) is 25.7 Å². The van der Waals surface area contributed by atoms with Crippen LogP contribution >= 0.6 is 0 Å². The van der Waals surface area contributed by atoms with Gasteiger partial charge in [0.05, 0.1) is 5.41 Å². The first-order chi connectivity index (χ1) is 18.8. The minimum Gasteiger partial charge on any atom is -0.0656 e. The molecule has 1 aliphatic carbocycles. The van der Waals surface area contributed by atoms with Crippen LogP contribution in [0.1, 0.15) is 42.5 Å². The second kappa shape index (κ2) is 10.1.